The topological polar surface area (TPSA) is 75.3 Å². The Bertz CT molecular complexity index is 913. The quantitative estimate of drug-likeness (QED) is 0.648. The predicted molar refractivity (Wildman–Crippen MR) is 94.4 cm³/mol. The monoisotopic (exact) mass is 418 g/mol. The van der Waals surface area contributed by atoms with Gasteiger partial charge in [0.15, 0.2) is 0 Å². The van der Waals surface area contributed by atoms with Crippen LogP contribution in [0.2, 0.25) is 0 Å². The number of hydrogen-bond donors (Lipinski definition) is 2. The van der Waals surface area contributed by atoms with Gasteiger partial charge in [-0.3, -0.25) is 4.79 Å². The zero-order valence-corrected chi connectivity index (χ0v) is 15.4. The molecule has 10 heteroatoms. The van der Waals surface area contributed by atoms with E-state index < -0.39 is 33.5 Å². The van der Waals surface area contributed by atoms with E-state index in [1.54, 1.807) is 0 Å². The molecule has 0 aliphatic rings. The fraction of sp³-hybridized carbons (Fsp3) is 0.278. The third kappa shape index (κ3) is 6.31. The van der Waals surface area contributed by atoms with Gasteiger partial charge in [-0.25, -0.2) is 17.5 Å². The summed E-state index contributed by atoms with van der Waals surface area (Å²) in [6.45, 7) is -0.221. The highest BCUT2D eigenvalue weighted by Gasteiger charge is 2.32. The summed E-state index contributed by atoms with van der Waals surface area (Å²) in [6.07, 6.45) is -4.68. The van der Waals surface area contributed by atoms with E-state index in [4.69, 9.17) is 0 Å². The molecule has 0 fully saturated rings. The van der Waals surface area contributed by atoms with E-state index in [9.17, 15) is 30.8 Å². The lowest BCUT2D eigenvalue weighted by Crippen LogP contribution is -2.31. The third-order valence-corrected chi connectivity index (χ3v) is 5.28. The van der Waals surface area contributed by atoms with Crippen molar-refractivity contribution in [2.75, 3.05) is 13.1 Å². The molecule has 152 valence electrons. The average Bonchev–Trinajstić information content (AvgIpc) is 2.61. The fourth-order valence-electron chi connectivity index (χ4n) is 2.44. The summed E-state index contributed by atoms with van der Waals surface area (Å²) in [4.78, 5) is 11.6. The van der Waals surface area contributed by atoms with Gasteiger partial charge in [-0.15, -0.1) is 0 Å². The van der Waals surface area contributed by atoms with Gasteiger partial charge in [-0.05, 0) is 42.3 Å². The lowest BCUT2D eigenvalue weighted by Gasteiger charge is -2.13. The molecule has 2 N–H and O–H groups in total. The number of halogens is 4. The first kappa shape index (κ1) is 21.8. The second-order valence-electron chi connectivity index (χ2n) is 5.86. The molecule has 0 bridgehead atoms. The SMILES string of the molecule is O=C(CCNS(=O)(=O)c1ccc(F)cc1)NCCc1ccccc1C(F)(F)F. The van der Waals surface area contributed by atoms with Gasteiger partial charge < -0.3 is 5.32 Å². The highest BCUT2D eigenvalue weighted by atomic mass is 32.2. The van der Waals surface area contributed by atoms with Crippen molar-refractivity contribution in [2.24, 2.45) is 0 Å². The largest absolute Gasteiger partial charge is 0.416 e. The van der Waals surface area contributed by atoms with Crippen molar-refractivity contribution in [3.05, 3.63) is 65.5 Å². The summed E-state index contributed by atoms with van der Waals surface area (Å²) in [5, 5.41) is 2.45. The lowest BCUT2D eigenvalue weighted by molar-refractivity contribution is -0.138. The van der Waals surface area contributed by atoms with Gasteiger partial charge >= 0.3 is 6.18 Å². The number of nitrogens with one attached hydrogen (secondary N) is 2. The molecule has 28 heavy (non-hydrogen) atoms. The number of alkyl halides is 3. The summed E-state index contributed by atoms with van der Waals surface area (Å²) in [7, 11) is -3.88. The minimum absolute atomic E-state index is 0.0112. The zero-order valence-electron chi connectivity index (χ0n) is 14.6. The predicted octanol–water partition coefficient (Wildman–Crippen LogP) is 2.87. The number of hydrogen-bond acceptors (Lipinski definition) is 3. The average molecular weight is 418 g/mol. The molecule has 2 aromatic carbocycles. The standard InChI is InChI=1S/C18H18F4N2O3S/c19-14-5-7-15(8-6-14)28(26,27)24-12-10-17(25)23-11-9-13-3-1-2-4-16(13)18(20,21)22/h1-8,24H,9-12H2,(H,23,25). The molecule has 0 spiro atoms. The minimum Gasteiger partial charge on any atom is -0.356 e. The van der Waals surface area contributed by atoms with Gasteiger partial charge in [-0.2, -0.15) is 13.2 Å². The van der Waals surface area contributed by atoms with Crippen LogP contribution in [0.1, 0.15) is 17.5 Å². The van der Waals surface area contributed by atoms with Crippen molar-refractivity contribution in [2.45, 2.75) is 23.9 Å². The van der Waals surface area contributed by atoms with Crippen LogP contribution in [-0.4, -0.2) is 27.4 Å². The van der Waals surface area contributed by atoms with Crippen molar-refractivity contribution < 1.29 is 30.8 Å². The fourth-order valence-corrected chi connectivity index (χ4v) is 3.47. The maximum atomic E-state index is 12.9. The molecule has 0 aliphatic carbocycles. The Hall–Kier alpha value is -2.46. The Balaban J connectivity index is 1.79. The van der Waals surface area contributed by atoms with Crippen LogP contribution in [0.25, 0.3) is 0 Å². The van der Waals surface area contributed by atoms with E-state index in [1.165, 1.54) is 18.2 Å². The number of benzene rings is 2. The molecular formula is C18H18F4N2O3S. The van der Waals surface area contributed by atoms with Gasteiger partial charge in [0.25, 0.3) is 0 Å². The Kier molecular flexibility index (Phi) is 7.14. The summed E-state index contributed by atoms with van der Waals surface area (Å²) in [6, 6.07) is 9.27. The van der Waals surface area contributed by atoms with Crippen LogP contribution in [0.15, 0.2) is 53.4 Å². The molecule has 5 nitrogen and oxygen atoms in total. The van der Waals surface area contributed by atoms with Crippen molar-refractivity contribution in [3.63, 3.8) is 0 Å². The molecule has 2 aromatic rings. The van der Waals surface area contributed by atoms with Gasteiger partial charge in [0.1, 0.15) is 5.82 Å². The number of amides is 1. The van der Waals surface area contributed by atoms with Crippen molar-refractivity contribution in [1.29, 1.82) is 0 Å². The van der Waals surface area contributed by atoms with Crippen LogP contribution < -0.4 is 10.0 Å². The first-order chi connectivity index (χ1) is 13.1. The van der Waals surface area contributed by atoms with E-state index in [0.717, 1.165) is 30.3 Å². The van der Waals surface area contributed by atoms with E-state index in [1.807, 2.05) is 0 Å². The van der Waals surface area contributed by atoms with Crippen LogP contribution in [0.4, 0.5) is 17.6 Å². The third-order valence-electron chi connectivity index (χ3n) is 3.81. The first-order valence-corrected chi connectivity index (χ1v) is 9.75. The first-order valence-electron chi connectivity index (χ1n) is 8.26. The van der Waals surface area contributed by atoms with Gasteiger partial charge in [-0.1, -0.05) is 18.2 Å². The molecule has 0 unspecified atom stereocenters. The van der Waals surface area contributed by atoms with Crippen molar-refractivity contribution in [3.8, 4) is 0 Å². The Morgan fingerprint density at radius 1 is 0.964 bits per heavy atom. The van der Waals surface area contributed by atoms with Gasteiger partial charge in [0.05, 0.1) is 10.5 Å². The molecule has 0 aliphatic heterocycles. The normalized spacial score (nSPS) is 12.0. The molecule has 0 atom stereocenters. The smallest absolute Gasteiger partial charge is 0.356 e. The van der Waals surface area contributed by atoms with Crippen LogP contribution in [0.5, 0.6) is 0 Å². The van der Waals surface area contributed by atoms with Crippen LogP contribution in [0, 0.1) is 5.82 Å². The number of sulfonamides is 1. The highest BCUT2D eigenvalue weighted by Crippen LogP contribution is 2.31. The summed E-state index contributed by atoms with van der Waals surface area (Å²) in [5.74, 6) is -1.09. The molecule has 0 radical (unpaired) electrons. The molecule has 0 saturated carbocycles. The molecule has 2 rings (SSSR count). The Morgan fingerprint density at radius 2 is 1.61 bits per heavy atom. The molecule has 0 saturated heterocycles. The molecule has 0 aromatic heterocycles. The Morgan fingerprint density at radius 3 is 2.25 bits per heavy atom. The van der Waals surface area contributed by atoms with Crippen molar-refractivity contribution >= 4 is 15.9 Å². The molecule has 1 amide bonds. The van der Waals surface area contributed by atoms with E-state index in [2.05, 4.69) is 10.0 Å². The summed E-state index contributed by atoms with van der Waals surface area (Å²) >= 11 is 0. The zero-order chi connectivity index (χ0) is 20.8. The number of rotatable bonds is 8. The second-order valence-corrected chi connectivity index (χ2v) is 7.62. The van der Waals surface area contributed by atoms with Crippen LogP contribution in [-0.2, 0) is 27.4 Å². The second kappa shape index (κ2) is 9.16. The molecule has 0 heterocycles. The van der Waals surface area contributed by atoms with E-state index in [-0.39, 0.29) is 36.4 Å². The maximum Gasteiger partial charge on any atom is 0.416 e. The van der Waals surface area contributed by atoms with Gasteiger partial charge in [0, 0.05) is 19.5 Å². The van der Waals surface area contributed by atoms with Crippen LogP contribution in [0.3, 0.4) is 0 Å². The Labute approximate surface area is 159 Å². The van der Waals surface area contributed by atoms with Crippen molar-refractivity contribution in [1.82, 2.24) is 10.0 Å². The van der Waals surface area contributed by atoms with E-state index >= 15 is 0 Å². The number of carbonyl (C=O) groups is 1. The van der Waals surface area contributed by atoms with Crippen LogP contribution >= 0.6 is 0 Å². The van der Waals surface area contributed by atoms with Gasteiger partial charge in [0.2, 0.25) is 15.9 Å². The van der Waals surface area contributed by atoms with E-state index in [0.29, 0.717) is 0 Å². The molecular weight excluding hydrogens is 400 g/mol. The maximum absolute atomic E-state index is 12.9. The minimum atomic E-state index is -4.47. The lowest BCUT2D eigenvalue weighted by atomic mass is 10.0. The number of carbonyl (C=O) groups excluding carboxylic acids is 1. The summed E-state index contributed by atoms with van der Waals surface area (Å²) in [5.41, 5.74) is -0.691. The highest BCUT2D eigenvalue weighted by molar-refractivity contribution is 7.89. The summed E-state index contributed by atoms with van der Waals surface area (Å²) < 4.78 is 77.7.